The lowest BCUT2D eigenvalue weighted by molar-refractivity contribution is 0.107. The molecule has 0 aliphatic heterocycles. The van der Waals surface area contributed by atoms with Crippen LogP contribution in [0.2, 0.25) is 0 Å². The minimum atomic E-state index is -3.59. The van der Waals surface area contributed by atoms with Gasteiger partial charge in [-0.3, -0.25) is 4.79 Å². The highest BCUT2D eigenvalue weighted by atomic mass is 32.2. The quantitative estimate of drug-likeness (QED) is 0.469. The van der Waals surface area contributed by atoms with Gasteiger partial charge in [0, 0.05) is 5.56 Å². The molecule has 0 bridgehead atoms. The summed E-state index contributed by atoms with van der Waals surface area (Å²) in [5.41, 5.74) is 0.214. The fourth-order valence-corrected chi connectivity index (χ4v) is 1.41. The van der Waals surface area contributed by atoms with E-state index >= 15 is 0 Å². The standard InChI is InChI=1S/C9H9NO4S/c1-15(12,13)14-8-4-2-3-7(5-8)9(11)6-10/h2-6,10H,1H3. The molecule has 0 fully saturated rings. The third-order valence-corrected chi connectivity index (χ3v) is 1.99. The number of carbonyl (C=O) groups excluding carboxylic acids is 1. The highest BCUT2D eigenvalue weighted by molar-refractivity contribution is 7.86. The lowest BCUT2D eigenvalue weighted by Crippen LogP contribution is -2.07. The largest absolute Gasteiger partial charge is 0.383 e. The molecule has 1 N–H and O–H groups in total. The Bertz CT molecular complexity index is 493. The maximum absolute atomic E-state index is 11.1. The van der Waals surface area contributed by atoms with Crippen molar-refractivity contribution in [3.8, 4) is 5.75 Å². The van der Waals surface area contributed by atoms with Gasteiger partial charge in [0.05, 0.1) is 12.5 Å². The number of benzene rings is 1. The van der Waals surface area contributed by atoms with Crippen LogP contribution in [-0.4, -0.2) is 26.7 Å². The van der Waals surface area contributed by atoms with Crippen molar-refractivity contribution in [2.75, 3.05) is 6.26 Å². The predicted octanol–water partition coefficient (Wildman–Crippen LogP) is 0.857. The van der Waals surface area contributed by atoms with Crippen molar-refractivity contribution in [2.24, 2.45) is 0 Å². The number of carbonyl (C=O) groups is 1. The van der Waals surface area contributed by atoms with Crippen LogP contribution in [0.3, 0.4) is 0 Å². The number of ketones is 1. The van der Waals surface area contributed by atoms with Gasteiger partial charge in [-0.25, -0.2) is 0 Å². The van der Waals surface area contributed by atoms with Crippen molar-refractivity contribution < 1.29 is 17.4 Å². The molecule has 80 valence electrons. The van der Waals surface area contributed by atoms with Crippen molar-refractivity contribution in [1.82, 2.24) is 0 Å². The first kappa shape index (κ1) is 11.4. The SMILES string of the molecule is CS(=O)(=O)Oc1cccc(C(=O)C=N)c1. The third-order valence-electron chi connectivity index (χ3n) is 1.50. The fraction of sp³-hybridized carbons (Fsp3) is 0.111. The number of hydrogen-bond acceptors (Lipinski definition) is 5. The van der Waals surface area contributed by atoms with E-state index in [0.717, 1.165) is 6.26 Å². The van der Waals surface area contributed by atoms with E-state index in [1.54, 1.807) is 0 Å². The van der Waals surface area contributed by atoms with Crippen LogP contribution in [0.5, 0.6) is 5.75 Å². The topological polar surface area (TPSA) is 84.3 Å². The van der Waals surface area contributed by atoms with Gasteiger partial charge in [0.15, 0.2) is 0 Å². The minimum absolute atomic E-state index is 0.0604. The fourth-order valence-electron chi connectivity index (χ4n) is 0.959. The first-order valence-corrected chi connectivity index (χ1v) is 5.78. The van der Waals surface area contributed by atoms with Gasteiger partial charge in [0.25, 0.3) is 0 Å². The highest BCUT2D eigenvalue weighted by Gasteiger charge is 2.07. The normalized spacial score (nSPS) is 10.7. The molecule has 5 nitrogen and oxygen atoms in total. The second-order valence-corrected chi connectivity index (χ2v) is 4.40. The van der Waals surface area contributed by atoms with E-state index in [0.29, 0.717) is 6.21 Å². The van der Waals surface area contributed by atoms with Gasteiger partial charge < -0.3 is 9.59 Å². The van der Waals surface area contributed by atoms with Crippen molar-refractivity contribution in [3.63, 3.8) is 0 Å². The summed E-state index contributed by atoms with van der Waals surface area (Å²) in [5.74, 6) is -0.445. The predicted molar refractivity (Wildman–Crippen MR) is 55.0 cm³/mol. The highest BCUT2D eigenvalue weighted by Crippen LogP contribution is 2.14. The summed E-state index contributed by atoms with van der Waals surface area (Å²) in [4.78, 5) is 11.1. The Hall–Kier alpha value is -1.69. The van der Waals surface area contributed by atoms with Crippen molar-refractivity contribution in [2.45, 2.75) is 0 Å². The van der Waals surface area contributed by atoms with Crippen LogP contribution in [0.15, 0.2) is 24.3 Å². The third kappa shape index (κ3) is 3.51. The Morgan fingerprint density at radius 1 is 1.47 bits per heavy atom. The number of nitrogens with one attached hydrogen (secondary N) is 1. The van der Waals surface area contributed by atoms with Crippen LogP contribution in [-0.2, 0) is 10.1 Å². The number of Topliss-reactive ketones (excluding diaryl/α,β-unsaturated/α-hetero) is 1. The van der Waals surface area contributed by atoms with Gasteiger partial charge in [-0.05, 0) is 12.1 Å². The zero-order valence-corrected chi connectivity index (χ0v) is 8.74. The van der Waals surface area contributed by atoms with Gasteiger partial charge in [-0.1, -0.05) is 12.1 Å². The summed E-state index contributed by atoms with van der Waals surface area (Å²) >= 11 is 0. The molecule has 0 amide bonds. The van der Waals surface area contributed by atoms with Gasteiger partial charge in [0.1, 0.15) is 5.75 Å². The summed E-state index contributed by atoms with van der Waals surface area (Å²) < 4.78 is 26.2. The molecule has 0 heterocycles. The molecule has 1 aromatic carbocycles. The summed E-state index contributed by atoms with van der Waals surface area (Å²) in [6.07, 6.45) is 1.57. The average molecular weight is 227 g/mol. The first-order chi connectivity index (χ1) is 6.92. The van der Waals surface area contributed by atoms with Crippen LogP contribution >= 0.6 is 0 Å². The monoisotopic (exact) mass is 227 g/mol. The zero-order valence-electron chi connectivity index (χ0n) is 7.93. The summed E-state index contributed by atoms with van der Waals surface area (Å²) in [7, 11) is -3.59. The van der Waals surface area contributed by atoms with Crippen molar-refractivity contribution >= 4 is 22.1 Å². The molecule has 0 unspecified atom stereocenters. The maximum Gasteiger partial charge on any atom is 0.306 e. The van der Waals surface area contributed by atoms with Gasteiger partial charge in [-0.2, -0.15) is 8.42 Å². The molecule has 0 aliphatic rings. The van der Waals surface area contributed by atoms with Gasteiger partial charge in [-0.15, -0.1) is 0 Å². The van der Waals surface area contributed by atoms with E-state index in [1.807, 2.05) is 0 Å². The lowest BCUT2D eigenvalue weighted by atomic mass is 10.1. The molecule has 0 aliphatic carbocycles. The molecule has 0 saturated carbocycles. The molecular weight excluding hydrogens is 218 g/mol. The lowest BCUT2D eigenvalue weighted by Gasteiger charge is -2.03. The Labute approximate surface area is 87.3 Å². The van der Waals surface area contributed by atoms with Crippen LogP contribution < -0.4 is 4.18 Å². The summed E-state index contributed by atoms with van der Waals surface area (Å²) in [6, 6.07) is 5.65. The maximum atomic E-state index is 11.1. The van der Waals surface area contributed by atoms with Crippen LogP contribution in [0.1, 0.15) is 10.4 Å². The molecule has 0 saturated heterocycles. The average Bonchev–Trinajstić information content (AvgIpc) is 2.14. The Morgan fingerprint density at radius 3 is 2.67 bits per heavy atom. The van der Waals surface area contributed by atoms with Crippen LogP contribution in [0.4, 0.5) is 0 Å². The zero-order chi connectivity index (χ0) is 11.5. The van der Waals surface area contributed by atoms with Gasteiger partial charge in [0.2, 0.25) is 5.78 Å². The Kier molecular flexibility index (Phi) is 3.21. The van der Waals surface area contributed by atoms with Crippen molar-refractivity contribution in [1.29, 1.82) is 5.41 Å². The van der Waals surface area contributed by atoms with Gasteiger partial charge >= 0.3 is 10.1 Å². The molecule has 15 heavy (non-hydrogen) atoms. The Morgan fingerprint density at radius 2 is 2.13 bits per heavy atom. The second-order valence-electron chi connectivity index (χ2n) is 2.82. The summed E-state index contributed by atoms with van der Waals surface area (Å²) in [6.45, 7) is 0. The van der Waals surface area contributed by atoms with E-state index in [-0.39, 0.29) is 11.3 Å². The van der Waals surface area contributed by atoms with Crippen LogP contribution in [0, 0.1) is 5.41 Å². The molecule has 0 aromatic heterocycles. The number of hydrogen-bond donors (Lipinski definition) is 1. The van der Waals surface area contributed by atoms with E-state index in [4.69, 9.17) is 5.41 Å². The Balaban J connectivity index is 3.03. The molecule has 0 atom stereocenters. The van der Waals surface area contributed by atoms with E-state index in [2.05, 4.69) is 4.18 Å². The smallest absolute Gasteiger partial charge is 0.306 e. The number of rotatable bonds is 4. The summed E-state index contributed by atoms with van der Waals surface area (Å²) in [5, 5.41) is 6.76. The molecule has 0 radical (unpaired) electrons. The molecule has 1 rings (SSSR count). The first-order valence-electron chi connectivity index (χ1n) is 3.97. The second kappa shape index (κ2) is 4.22. The molecule has 0 spiro atoms. The van der Waals surface area contributed by atoms with E-state index in [9.17, 15) is 13.2 Å². The minimum Gasteiger partial charge on any atom is -0.383 e. The van der Waals surface area contributed by atoms with E-state index in [1.165, 1.54) is 24.3 Å². The van der Waals surface area contributed by atoms with E-state index < -0.39 is 15.9 Å². The van der Waals surface area contributed by atoms with Crippen LogP contribution in [0.25, 0.3) is 0 Å². The molecular formula is C9H9NO4S. The van der Waals surface area contributed by atoms with Crippen molar-refractivity contribution in [3.05, 3.63) is 29.8 Å². The molecule has 1 aromatic rings. The molecule has 6 heteroatoms.